The van der Waals surface area contributed by atoms with Gasteiger partial charge in [0.1, 0.15) is 0 Å². The molecule has 0 spiro atoms. The first-order chi connectivity index (χ1) is 12.8. The van der Waals surface area contributed by atoms with Crippen LogP contribution in [0.2, 0.25) is 0 Å². The number of amides is 2. The summed E-state index contributed by atoms with van der Waals surface area (Å²) in [6, 6.07) is 5.46. The second-order valence-electron chi connectivity index (χ2n) is 7.35. The number of hydrogen-bond acceptors (Lipinski definition) is 5. The molecule has 1 N–H and O–H groups in total. The summed E-state index contributed by atoms with van der Waals surface area (Å²) < 4.78 is 34.1. The monoisotopic (exact) mass is 396 g/mol. The summed E-state index contributed by atoms with van der Waals surface area (Å²) in [6.07, 6.45) is 2.50. The zero-order chi connectivity index (χ0) is 19.7. The summed E-state index contributed by atoms with van der Waals surface area (Å²) in [5, 5.41) is 3.03. The second kappa shape index (κ2) is 7.58. The average Bonchev–Trinajstić information content (AvgIpc) is 3.37. The molecule has 1 aliphatic heterocycles. The third kappa shape index (κ3) is 4.15. The first-order valence-corrected chi connectivity index (χ1v) is 11.1. The lowest BCUT2D eigenvalue weighted by molar-refractivity contribution is 0.183. The van der Waals surface area contributed by atoms with E-state index in [0.29, 0.717) is 31.0 Å². The van der Waals surface area contributed by atoms with Crippen molar-refractivity contribution in [2.24, 2.45) is 0 Å². The highest BCUT2D eigenvalue weighted by atomic mass is 32.2. The van der Waals surface area contributed by atoms with Crippen molar-refractivity contribution < 1.29 is 22.7 Å². The van der Waals surface area contributed by atoms with Crippen LogP contribution in [0.1, 0.15) is 31.7 Å². The van der Waals surface area contributed by atoms with Crippen molar-refractivity contribution >= 4 is 15.9 Å². The number of hydrogen-bond donors (Lipinski definition) is 1. The predicted octanol–water partition coefficient (Wildman–Crippen LogP) is 1.95. The highest BCUT2D eigenvalue weighted by molar-refractivity contribution is 7.91. The molecule has 0 aromatic heterocycles. The van der Waals surface area contributed by atoms with Crippen molar-refractivity contribution in [3.05, 3.63) is 23.8 Å². The molecular weight excluding hydrogens is 368 g/mol. The van der Waals surface area contributed by atoms with Gasteiger partial charge in [-0.15, -0.1) is 0 Å². The van der Waals surface area contributed by atoms with Crippen LogP contribution in [0.3, 0.4) is 0 Å². The summed E-state index contributed by atoms with van der Waals surface area (Å²) in [7, 11) is 0.193. The van der Waals surface area contributed by atoms with E-state index >= 15 is 0 Å². The van der Waals surface area contributed by atoms with Gasteiger partial charge in [-0.25, -0.2) is 13.2 Å². The minimum atomic E-state index is -3.02. The Hall–Kier alpha value is -1.96. The summed E-state index contributed by atoms with van der Waals surface area (Å²) in [5.41, 5.74) is 1.03. The summed E-state index contributed by atoms with van der Waals surface area (Å²) in [6.45, 7) is 2.90. The van der Waals surface area contributed by atoms with E-state index in [4.69, 9.17) is 9.47 Å². The Morgan fingerprint density at radius 1 is 1.26 bits per heavy atom. The number of benzene rings is 1. The number of nitrogens with zero attached hydrogens (tertiary/aromatic N) is 1. The fraction of sp³-hybridized carbons (Fsp3) is 0.632. The molecule has 1 heterocycles. The lowest BCUT2D eigenvalue weighted by Gasteiger charge is -2.28. The van der Waals surface area contributed by atoms with E-state index in [2.05, 4.69) is 5.32 Å². The molecule has 7 nitrogen and oxygen atoms in total. The molecule has 27 heavy (non-hydrogen) atoms. The molecule has 1 saturated carbocycles. The van der Waals surface area contributed by atoms with Gasteiger partial charge in [0.2, 0.25) is 0 Å². The Morgan fingerprint density at radius 3 is 2.48 bits per heavy atom. The van der Waals surface area contributed by atoms with Crippen LogP contribution in [0, 0.1) is 0 Å². The van der Waals surface area contributed by atoms with Crippen LogP contribution < -0.4 is 14.8 Å². The smallest absolute Gasteiger partial charge is 0.317 e. The van der Waals surface area contributed by atoms with E-state index in [1.165, 1.54) is 0 Å². The number of nitrogens with one attached hydrogen (secondary N) is 1. The largest absolute Gasteiger partial charge is 0.493 e. The van der Waals surface area contributed by atoms with E-state index in [1.54, 1.807) is 19.1 Å². The molecule has 150 valence electrons. The van der Waals surface area contributed by atoms with Crippen molar-refractivity contribution in [2.75, 3.05) is 38.8 Å². The van der Waals surface area contributed by atoms with Gasteiger partial charge in [0, 0.05) is 24.5 Å². The minimum Gasteiger partial charge on any atom is -0.493 e. The van der Waals surface area contributed by atoms with E-state index < -0.39 is 9.84 Å². The Bertz CT molecular complexity index is 804. The number of sulfone groups is 1. The number of carbonyl (C=O) groups excluding carboxylic acids is 1. The first kappa shape index (κ1) is 19.8. The van der Waals surface area contributed by atoms with Gasteiger partial charge in [0.25, 0.3) is 0 Å². The molecule has 1 aromatic carbocycles. The molecule has 2 fully saturated rings. The molecule has 2 aliphatic rings. The fourth-order valence-corrected chi connectivity index (χ4v) is 5.55. The van der Waals surface area contributed by atoms with E-state index in [1.807, 2.05) is 25.1 Å². The van der Waals surface area contributed by atoms with Gasteiger partial charge >= 0.3 is 6.03 Å². The third-order valence-corrected chi connectivity index (χ3v) is 7.43. The minimum absolute atomic E-state index is 0.0646. The summed E-state index contributed by atoms with van der Waals surface area (Å²) >= 11 is 0. The van der Waals surface area contributed by atoms with E-state index in [9.17, 15) is 13.2 Å². The number of rotatable bonds is 7. The number of methoxy groups -OCH3 is 2. The highest BCUT2D eigenvalue weighted by Crippen LogP contribution is 2.49. The van der Waals surface area contributed by atoms with Crippen LogP contribution in [-0.2, 0) is 15.3 Å². The van der Waals surface area contributed by atoms with Crippen molar-refractivity contribution in [1.29, 1.82) is 0 Å². The molecule has 3 rings (SSSR count). The molecule has 1 aliphatic carbocycles. The van der Waals surface area contributed by atoms with E-state index in [-0.39, 0.29) is 29.0 Å². The molecule has 0 bridgehead atoms. The molecule has 1 unspecified atom stereocenters. The molecule has 8 heteroatoms. The Kier molecular flexibility index (Phi) is 5.55. The van der Waals surface area contributed by atoms with Crippen LogP contribution in [0.5, 0.6) is 11.5 Å². The van der Waals surface area contributed by atoms with Gasteiger partial charge in [-0.05, 0) is 43.9 Å². The number of carbonyl (C=O) groups is 1. The number of ether oxygens (including phenoxy) is 2. The number of urea groups is 1. The quantitative estimate of drug-likeness (QED) is 0.762. The molecule has 2 amide bonds. The van der Waals surface area contributed by atoms with E-state index in [0.717, 1.165) is 18.4 Å². The van der Waals surface area contributed by atoms with Crippen LogP contribution in [0.25, 0.3) is 0 Å². The van der Waals surface area contributed by atoms with Gasteiger partial charge < -0.3 is 19.7 Å². The zero-order valence-corrected chi connectivity index (χ0v) is 17.0. The van der Waals surface area contributed by atoms with Gasteiger partial charge in [-0.3, -0.25) is 0 Å². The van der Waals surface area contributed by atoms with Crippen molar-refractivity contribution in [3.8, 4) is 11.5 Å². The predicted molar refractivity (Wildman–Crippen MR) is 103 cm³/mol. The molecular formula is C19H28N2O5S. The fourth-order valence-electron chi connectivity index (χ4n) is 3.82. The second-order valence-corrected chi connectivity index (χ2v) is 9.58. The third-order valence-electron chi connectivity index (χ3n) is 5.68. The summed E-state index contributed by atoms with van der Waals surface area (Å²) in [5.74, 6) is 1.59. The SMILES string of the molecule is CCN(C(=O)NCC1(c2ccc(OC)c(OC)c2)CC1)C1CCS(=O)(=O)C1. The lowest BCUT2D eigenvalue weighted by Crippen LogP contribution is -2.48. The first-order valence-electron chi connectivity index (χ1n) is 9.31. The summed E-state index contributed by atoms with van der Waals surface area (Å²) in [4.78, 5) is 14.3. The van der Waals surface area contributed by atoms with Crippen LogP contribution in [0.15, 0.2) is 18.2 Å². The Morgan fingerprint density at radius 2 is 1.96 bits per heavy atom. The highest BCUT2D eigenvalue weighted by Gasteiger charge is 2.45. The molecule has 0 radical (unpaired) electrons. The van der Waals surface area contributed by atoms with Gasteiger partial charge in [0.15, 0.2) is 21.3 Å². The lowest BCUT2D eigenvalue weighted by atomic mass is 9.95. The maximum Gasteiger partial charge on any atom is 0.317 e. The maximum absolute atomic E-state index is 12.7. The van der Waals surface area contributed by atoms with Gasteiger partial charge in [-0.1, -0.05) is 6.07 Å². The zero-order valence-electron chi connectivity index (χ0n) is 16.2. The van der Waals surface area contributed by atoms with Crippen molar-refractivity contribution in [2.45, 2.75) is 37.6 Å². The van der Waals surface area contributed by atoms with Crippen LogP contribution >= 0.6 is 0 Å². The van der Waals surface area contributed by atoms with Gasteiger partial charge in [0.05, 0.1) is 25.7 Å². The Balaban J connectivity index is 1.66. The van der Waals surface area contributed by atoms with Crippen LogP contribution in [-0.4, -0.2) is 64.2 Å². The average molecular weight is 397 g/mol. The van der Waals surface area contributed by atoms with Crippen molar-refractivity contribution in [3.63, 3.8) is 0 Å². The maximum atomic E-state index is 12.7. The standard InChI is InChI=1S/C19H28N2O5S/c1-4-21(15-7-10-27(23,24)12-15)18(22)20-13-19(8-9-19)14-5-6-16(25-2)17(11-14)26-3/h5-6,11,15H,4,7-10,12-13H2,1-3H3,(H,20,22). The Labute approximate surface area is 160 Å². The van der Waals surface area contributed by atoms with Gasteiger partial charge in [-0.2, -0.15) is 0 Å². The normalized spacial score (nSPS) is 22.1. The van der Waals surface area contributed by atoms with Crippen molar-refractivity contribution in [1.82, 2.24) is 10.2 Å². The molecule has 1 aromatic rings. The topological polar surface area (TPSA) is 84.9 Å². The van der Waals surface area contributed by atoms with Crippen LogP contribution in [0.4, 0.5) is 4.79 Å². The molecule has 1 saturated heterocycles. The molecule has 1 atom stereocenters.